The van der Waals surface area contributed by atoms with Crippen molar-refractivity contribution < 1.29 is 9.47 Å². The molecule has 3 aliphatic heterocycles. The molecule has 0 amide bonds. The summed E-state index contributed by atoms with van der Waals surface area (Å²) in [6.45, 7) is 13.7. The normalized spacial score (nSPS) is 30.1. The van der Waals surface area contributed by atoms with Gasteiger partial charge in [0.2, 0.25) is 0 Å². The van der Waals surface area contributed by atoms with E-state index < -0.39 is 0 Å². The van der Waals surface area contributed by atoms with Crippen LogP contribution < -0.4 is 21.3 Å². The van der Waals surface area contributed by atoms with E-state index in [1.807, 2.05) is 0 Å². The number of para-hydroxylation sites is 1. The number of hydrogen-bond acceptors (Lipinski definition) is 6. The summed E-state index contributed by atoms with van der Waals surface area (Å²) in [6, 6.07) is 9.30. The summed E-state index contributed by atoms with van der Waals surface area (Å²) in [4.78, 5) is 0. The Balaban J connectivity index is 1.05. The average Bonchev–Trinajstić information content (AvgIpc) is 3.61. The molecule has 1 aromatic carbocycles. The van der Waals surface area contributed by atoms with Crippen molar-refractivity contribution in [3.05, 3.63) is 29.3 Å². The number of ether oxygens (including phenoxy) is 2. The fourth-order valence-electron chi connectivity index (χ4n) is 6.40. The van der Waals surface area contributed by atoms with Crippen molar-refractivity contribution in [2.75, 3.05) is 38.2 Å². The summed E-state index contributed by atoms with van der Waals surface area (Å²) >= 11 is 0. The van der Waals surface area contributed by atoms with Crippen molar-refractivity contribution >= 4 is 5.69 Å². The van der Waals surface area contributed by atoms with Crippen LogP contribution >= 0.6 is 0 Å². The maximum Gasteiger partial charge on any atom is 0.0623 e. The Kier molecular flexibility index (Phi) is 10.9. The van der Waals surface area contributed by atoms with Crippen molar-refractivity contribution in [2.24, 2.45) is 5.92 Å². The molecule has 3 heterocycles. The van der Waals surface area contributed by atoms with Gasteiger partial charge in [0.05, 0.1) is 19.3 Å². The second kappa shape index (κ2) is 14.1. The zero-order chi connectivity index (χ0) is 25.3. The third-order valence-corrected chi connectivity index (χ3v) is 8.45. The molecule has 204 valence electrons. The predicted octanol–water partition coefficient (Wildman–Crippen LogP) is 4.55. The van der Waals surface area contributed by atoms with E-state index in [9.17, 15) is 0 Å². The quantitative estimate of drug-likeness (QED) is 0.301. The summed E-state index contributed by atoms with van der Waals surface area (Å²) in [6.07, 6.45) is 10.1. The van der Waals surface area contributed by atoms with Crippen LogP contribution in [0.1, 0.15) is 76.3 Å². The van der Waals surface area contributed by atoms with Crippen LogP contribution in [0.2, 0.25) is 0 Å². The lowest BCUT2D eigenvalue weighted by Crippen LogP contribution is -2.38. The van der Waals surface area contributed by atoms with Crippen LogP contribution in [0, 0.1) is 19.8 Å². The largest absolute Gasteiger partial charge is 0.383 e. The molecule has 0 saturated carbocycles. The minimum Gasteiger partial charge on any atom is -0.383 e. The van der Waals surface area contributed by atoms with Crippen LogP contribution in [0.5, 0.6) is 0 Å². The fourth-order valence-corrected chi connectivity index (χ4v) is 6.40. The van der Waals surface area contributed by atoms with E-state index in [2.05, 4.69) is 67.2 Å². The van der Waals surface area contributed by atoms with Gasteiger partial charge in [0.1, 0.15) is 0 Å². The van der Waals surface area contributed by atoms with Crippen molar-refractivity contribution in [1.82, 2.24) is 16.0 Å². The molecule has 3 saturated heterocycles. The molecule has 36 heavy (non-hydrogen) atoms. The molecule has 6 nitrogen and oxygen atoms in total. The summed E-state index contributed by atoms with van der Waals surface area (Å²) in [5, 5.41) is 14.9. The molecule has 6 heteroatoms. The molecule has 7 unspecified atom stereocenters. The highest BCUT2D eigenvalue weighted by Gasteiger charge is 2.28. The SMILES string of the molecule is Cc1cccc(C)c1NCC1CCC(CC(C)OCC2CCC(CC(C)COCC3CCCN3)N2)N1. The molecule has 1 aromatic rings. The van der Waals surface area contributed by atoms with Crippen LogP contribution in [0.3, 0.4) is 0 Å². The number of rotatable bonds is 14. The van der Waals surface area contributed by atoms with Crippen LogP contribution in [-0.4, -0.2) is 69.2 Å². The Morgan fingerprint density at radius 2 is 1.56 bits per heavy atom. The molecule has 7 atom stereocenters. The highest BCUT2D eigenvalue weighted by atomic mass is 16.5. The van der Waals surface area contributed by atoms with E-state index in [-0.39, 0.29) is 0 Å². The topological polar surface area (TPSA) is 66.6 Å². The van der Waals surface area contributed by atoms with Gasteiger partial charge in [-0.2, -0.15) is 0 Å². The molecule has 3 aliphatic rings. The minimum absolute atomic E-state index is 0.296. The molecule has 0 radical (unpaired) electrons. The van der Waals surface area contributed by atoms with E-state index in [0.717, 1.165) is 39.3 Å². The Morgan fingerprint density at radius 1 is 0.861 bits per heavy atom. The van der Waals surface area contributed by atoms with Gasteiger partial charge in [0.25, 0.3) is 0 Å². The smallest absolute Gasteiger partial charge is 0.0623 e. The van der Waals surface area contributed by atoms with Gasteiger partial charge in [-0.15, -0.1) is 0 Å². The summed E-state index contributed by atoms with van der Waals surface area (Å²) in [5.74, 6) is 0.605. The predicted molar refractivity (Wildman–Crippen MR) is 150 cm³/mol. The molecular weight excluding hydrogens is 448 g/mol. The first kappa shape index (κ1) is 27.8. The van der Waals surface area contributed by atoms with Gasteiger partial charge < -0.3 is 30.7 Å². The second-order valence-corrected chi connectivity index (χ2v) is 12.0. The van der Waals surface area contributed by atoms with Gasteiger partial charge in [-0.05, 0) is 95.7 Å². The first-order chi connectivity index (χ1) is 17.5. The first-order valence-corrected chi connectivity index (χ1v) is 14.7. The van der Waals surface area contributed by atoms with Crippen molar-refractivity contribution in [2.45, 2.75) is 115 Å². The van der Waals surface area contributed by atoms with E-state index >= 15 is 0 Å². The van der Waals surface area contributed by atoms with Crippen molar-refractivity contribution in [3.63, 3.8) is 0 Å². The standard InChI is InChI=1S/C30H52N4O2/c1-21(18-35-19-28-9-6-14-31-28)15-25-11-13-29(34-25)20-36-24(4)16-26-10-12-27(33-26)17-32-30-22(2)7-5-8-23(30)3/h5,7-8,21,24-29,31-34H,6,9-20H2,1-4H3. The van der Waals surface area contributed by atoms with Crippen molar-refractivity contribution in [3.8, 4) is 0 Å². The van der Waals surface area contributed by atoms with Gasteiger partial charge in [-0.1, -0.05) is 25.1 Å². The van der Waals surface area contributed by atoms with Crippen LogP contribution in [0.4, 0.5) is 5.69 Å². The van der Waals surface area contributed by atoms with E-state index in [1.54, 1.807) is 0 Å². The monoisotopic (exact) mass is 500 g/mol. The first-order valence-electron chi connectivity index (χ1n) is 14.7. The molecule has 0 bridgehead atoms. The Labute approximate surface area is 220 Å². The van der Waals surface area contributed by atoms with E-state index in [4.69, 9.17) is 9.47 Å². The van der Waals surface area contributed by atoms with Crippen LogP contribution in [0.25, 0.3) is 0 Å². The van der Waals surface area contributed by atoms with E-state index in [1.165, 1.54) is 61.8 Å². The Bertz CT molecular complexity index is 764. The molecule has 4 N–H and O–H groups in total. The highest BCUT2D eigenvalue weighted by molar-refractivity contribution is 5.56. The minimum atomic E-state index is 0.296. The average molecular weight is 501 g/mol. The molecular formula is C30H52N4O2. The summed E-state index contributed by atoms with van der Waals surface area (Å²) in [5.41, 5.74) is 3.95. The third-order valence-electron chi connectivity index (χ3n) is 8.45. The highest BCUT2D eigenvalue weighted by Crippen LogP contribution is 2.23. The van der Waals surface area contributed by atoms with Crippen LogP contribution in [-0.2, 0) is 9.47 Å². The van der Waals surface area contributed by atoms with E-state index in [0.29, 0.717) is 42.2 Å². The fraction of sp³-hybridized carbons (Fsp3) is 0.800. The van der Waals surface area contributed by atoms with Gasteiger partial charge in [-0.25, -0.2) is 0 Å². The molecule has 3 fully saturated rings. The number of nitrogens with one attached hydrogen (secondary N) is 4. The number of benzene rings is 1. The maximum absolute atomic E-state index is 6.31. The Hall–Kier alpha value is -1.18. The Morgan fingerprint density at radius 3 is 2.31 bits per heavy atom. The zero-order valence-electron chi connectivity index (χ0n) is 23.3. The third kappa shape index (κ3) is 8.70. The molecule has 4 rings (SSSR count). The number of anilines is 1. The lowest BCUT2D eigenvalue weighted by molar-refractivity contribution is 0.0409. The van der Waals surface area contributed by atoms with Crippen LogP contribution in [0.15, 0.2) is 18.2 Å². The molecule has 0 spiro atoms. The second-order valence-electron chi connectivity index (χ2n) is 12.0. The maximum atomic E-state index is 6.31. The lowest BCUT2D eigenvalue weighted by Gasteiger charge is -2.22. The van der Waals surface area contributed by atoms with Crippen molar-refractivity contribution in [1.29, 1.82) is 0 Å². The summed E-state index contributed by atoms with van der Waals surface area (Å²) < 4.78 is 12.3. The van der Waals surface area contributed by atoms with Gasteiger partial charge in [-0.3, -0.25) is 0 Å². The number of aryl methyl sites for hydroxylation is 2. The number of hydrogen-bond donors (Lipinski definition) is 4. The molecule has 0 aliphatic carbocycles. The zero-order valence-corrected chi connectivity index (χ0v) is 23.3. The summed E-state index contributed by atoms with van der Waals surface area (Å²) in [7, 11) is 0. The van der Waals surface area contributed by atoms with Gasteiger partial charge >= 0.3 is 0 Å². The molecule has 0 aromatic heterocycles. The lowest BCUT2D eigenvalue weighted by atomic mass is 10.0. The van der Waals surface area contributed by atoms with Gasteiger partial charge in [0, 0.05) is 49.0 Å². The van der Waals surface area contributed by atoms with Gasteiger partial charge in [0.15, 0.2) is 0 Å².